The van der Waals surface area contributed by atoms with Gasteiger partial charge in [-0.2, -0.15) is 4.98 Å². The Morgan fingerprint density at radius 1 is 1.10 bits per heavy atom. The van der Waals surface area contributed by atoms with Crippen LogP contribution < -0.4 is 0 Å². The van der Waals surface area contributed by atoms with E-state index in [0.29, 0.717) is 24.8 Å². The van der Waals surface area contributed by atoms with Crippen molar-refractivity contribution in [2.45, 2.75) is 84.2 Å². The van der Waals surface area contributed by atoms with Crippen LogP contribution in [0.3, 0.4) is 0 Å². The topological polar surface area (TPSA) is 68.5 Å². The minimum atomic E-state index is -0.485. The first-order valence-corrected chi connectivity index (χ1v) is 11.3. The van der Waals surface area contributed by atoms with Gasteiger partial charge in [0.25, 0.3) is 0 Å². The zero-order valence-electron chi connectivity index (χ0n) is 18.8. The van der Waals surface area contributed by atoms with Gasteiger partial charge >= 0.3 is 6.09 Å². The Morgan fingerprint density at radius 3 is 2.43 bits per heavy atom. The van der Waals surface area contributed by atoms with Gasteiger partial charge in [-0.05, 0) is 39.2 Å². The maximum absolute atomic E-state index is 12.1. The van der Waals surface area contributed by atoms with Crippen LogP contribution in [0.4, 0.5) is 4.79 Å². The van der Waals surface area contributed by atoms with Gasteiger partial charge in [0.15, 0.2) is 0 Å². The van der Waals surface area contributed by atoms with Crippen molar-refractivity contribution >= 4 is 6.09 Å². The fraction of sp³-hybridized carbons (Fsp3) is 0.625. The Bertz CT molecular complexity index is 802. The third-order valence-corrected chi connectivity index (χ3v) is 5.36. The van der Waals surface area contributed by atoms with Gasteiger partial charge < -0.3 is 14.2 Å². The highest BCUT2D eigenvalue weighted by Gasteiger charge is 2.37. The fourth-order valence-corrected chi connectivity index (χ4v) is 3.56. The number of aromatic nitrogens is 2. The molecule has 0 N–H and O–H groups in total. The van der Waals surface area contributed by atoms with E-state index in [1.54, 1.807) is 4.90 Å². The summed E-state index contributed by atoms with van der Waals surface area (Å²) in [5.41, 5.74) is 1.83. The lowest BCUT2D eigenvalue weighted by Gasteiger charge is -2.37. The average molecular weight is 414 g/mol. The summed E-state index contributed by atoms with van der Waals surface area (Å²) in [4.78, 5) is 18.3. The van der Waals surface area contributed by atoms with Gasteiger partial charge in [0.1, 0.15) is 5.60 Å². The van der Waals surface area contributed by atoms with Crippen LogP contribution in [0, 0.1) is 0 Å². The number of carbonyl (C=O) groups is 1. The van der Waals surface area contributed by atoms with E-state index in [4.69, 9.17) is 9.26 Å². The predicted molar refractivity (Wildman–Crippen MR) is 117 cm³/mol. The molecule has 0 atom stereocenters. The normalized spacial score (nSPS) is 14.6. The first kappa shape index (κ1) is 22.3. The summed E-state index contributed by atoms with van der Waals surface area (Å²) in [5.74, 6) is 1.26. The minimum absolute atomic E-state index is 0.0748. The first-order valence-electron chi connectivity index (χ1n) is 11.3. The lowest BCUT2D eigenvalue weighted by Crippen LogP contribution is -2.50. The molecule has 2 heterocycles. The van der Waals surface area contributed by atoms with Crippen molar-refractivity contribution in [3.63, 3.8) is 0 Å². The number of carbonyl (C=O) groups excluding carboxylic acids is 1. The Balaban J connectivity index is 1.45. The van der Waals surface area contributed by atoms with Crippen molar-refractivity contribution in [1.82, 2.24) is 15.0 Å². The zero-order chi connectivity index (χ0) is 21.6. The van der Waals surface area contributed by atoms with E-state index >= 15 is 0 Å². The number of likely N-dealkylation sites (tertiary alicyclic amines) is 1. The number of rotatable bonds is 9. The van der Waals surface area contributed by atoms with E-state index in [1.165, 1.54) is 44.1 Å². The van der Waals surface area contributed by atoms with E-state index in [-0.39, 0.29) is 12.0 Å². The quantitative estimate of drug-likeness (QED) is 0.473. The summed E-state index contributed by atoms with van der Waals surface area (Å²) in [5, 5.41) is 4.13. The van der Waals surface area contributed by atoms with Gasteiger partial charge in [-0.1, -0.05) is 68.4 Å². The molecule has 1 amide bonds. The molecule has 30 heavy (non-hydrogen) atoms. The molecule has 1 aliphatic heterocycles. The van der Waals surface area contributed by atoms with Gasteiger partial charge in [0.2, 0.25) is 11.7 Å². The monoisotopic (exact) mass is 413 g/mol. The van der Waals surface area contributed by atoms with Gasteiger partial charge in [-0.15, -0.1) is 0 Å². The molecule has 0 bridgehead atoms. The van der Waals surface area contributed by atoms with Crippen LogP contribution in [-0.4, -0.2) is 39.8 Å². The molecule has 1 fully saturated rings. The largest absolute Gasteiger partial charge is 0.444 e. The second-order valence-corrected chi connectivity index (χ2v) is 9.25. The second kappa shape index (κ2) is 10.1. The van der Waals surface area contributed by atoms with Crippen molar-refractivity contribution in [1.29, 1.82) is 0 Å². The van der Waals surface area contributed by atoms with Crippen LogP contribution in [0.1, 0.15) is 83.6 Å². The maximum atomic E-state index is 12.1. The number of aryl methyl sites for hydroxylation is 1. The zero-order valence-corrected chi connectivity index (χ0v) is 18.8. The van der Waals surface area contributed by atoms with Crippen molar-refractivity contribution < 1.29 is 14.1 Å². The smallest absolute Gasteiger partial charge is 0.410 e. The molecule has 0 spiro atoms. The number of hydrogen-bond donors (Lipinski definition) is 0. The summed E-state index contributed by atoms with van der Waals surface area (Å²) >= 11 is 0. The van der Waals surface area contributed by atoms with Crippen molar-refractivity contribution in [2.75, 3.05) is 13.1 Å². The van der Waals surface area contributed by atoms with Crippen molar-refractivity contribution in [3.05, 3.63) is 35.7 Å². The van der Waals surface area contributed by atoms with Crippen LogP contribution in [-0.2, 0) is 11.2 Å². The SMILES string of the molecule is CCCCCCCCc1ccc(-c2noc(C3CN(C(=O)OC(C)(C)C)C3)n2)cc1. The van der Waals surface area contributed by atoms with E-state index in [9.17, 15) is 4.79 Å². The molecule has 0 radical (unpaired) electrons. The average Bonchev–Trinajstić information content (AvgIpc) is 3.12. The molecule has 1 aromatic heterocycles. The summed E-state index contributed by atoms with van der Waals surface area (Å²) < 4.78 is 10.8. The predicted octanol–water partition coefficient (Wildman–Crippen LogP) is 5.97. The van der Waals surface area contributed by atoms with Gasteiger partial charge in [-0.25, -0.2) is 4.79 Å². The molecule has 1 aromatic carbocycles. The Labute approximate surface area is 180 Å². The van der Waals surface area contributed by atoms with Crippen LogP contribution in [0.2, 0.25) is 0 Å². The highest BCUT2D eigenvalue weighted by molar-refractivity contribution is 5.69. The first-order chi connectivity index (χ1) is 14.4. The van der Waals surface area contributed by atoms with Crippen LogP contribution in [0.5, 0.6) is 0 Å². The van der Waals surface area contributed by atoms with E-state index in [2.05, 4.69) is 41.3 Å². The third-order valence-electron chi connectivity index (χ3n) is 5.36. The number of unbranched alkanes of at least 4 members (excludes halogenated alkanes) is 5. The van der Waals surface area contributed by atoms with Crippen molar-refractivity contribution in [2.24, 2.45) is 0 Å². The molecular formula is C24H35N3O3. The third kappa shape index (κ3) is 6.31. The molecule has 1 aliphatic rings. The molecule has 6 nitrogen and oxygen atoms in total. The summed E-state index contributed by atoms with van der Waals surface area (Å²) in [6.45, 7) is 8.95. The van der Waals surface area contributed by atoms with E-state index in [1.807, 2.05) is 20.8 Å². The molecule has 1 saturated heterocycles. The second-order valence-electron chi connectivity index (χ2n) is 9.25. The van der Waals surface area contributed by atoms with Gasteiger partial charge in [0.05, 0.1) is 5.92 Å². The lowest BCUT2D eigenvalue weighted by molar-refractivity contribution is 0.00558. The number of ether oxygens (including phenoxy) is 1. The summed E-state index contributed by atoms with van der Waals surface area (Å²) in [7, 11) is 0. The van der Waals surface area contributed by atoms with Crippen molar-refractivity contribution in [3.8, 4) is 11.4 Å². The molecule has 0 unspecified atom stereocenters. The molecule has 3 rings (SSSR count). The molecule has 2 aromatic rings. The highest BCUT2D eigenvalue weighted by Crippen LogP contribution is 2.29. The Hall–Kier alpha value is -2.37. The number of amides is 1. The summed E-state index contributed by atoms with van der Waals surface area (Å²) in [6.07, 6.45) is 8.70. The van der Waals surface area contributed by atoms with Crippen LogP contribution >= 0.6 is 0 Å². The fourth-order valence-electron chi connectivity index (χ4n) is 3.56. The summed E-state index contributed by atoms with van der Waals surface area (Å²) in [6, 6.07) is 8.44. The van der Waals surface area contributed by atoms with E-state index < -0.39 is 5.60 Å². The highest BCUT2D eigenvalue weighted by atomic mass is 16.6. The number of hydrogen-bond acceptors (Lipinski definition) is 5. The van der Waals surface area contributed by atoms with Crippen LogP contribution in [0.15, 0.2) is 28.8 Å². The van der Waals surface area contributed by atoms with Gasteiger partial charge in [0, 0.05) is 18.7 Å². The number of nitrogens with zero attached hydrogens (tertiary/aromatic N) is 3. The van der Waals surface area contributed by atoms with E-state index in [0.717, 1.165) is 12.0 Å². The molecule has 0 aliphatic carbocycles. The standard InChI is InChI=1S/C24H35N3O3/c1-5-6-7-8-9-10-11-18-12-14-19(15-13-18)21-25-22(30-26-21)20-16-27(17-20)23(28)29-24(2,3)4/h12-15,20H,5-11,16-17H2,1-4H3. The van der Waals surface area contributed by atoms with Crippen LogP contribution in [0.25, 0.3) is 11.4 Å². The Kier molecular flexibility index (Phi) is 7.51. The molecule has 0 saturated carbocycles. The maximum Gasteiger partial charge on any atom is 0.410 e. The molecule has 6 heteroatoms. The molecular weight excluding hydrogens is 378 g/mol. The lowest BCUT2D eigenvalue weighted by atomic mass is 10.0. The minimum Gasteiger partial charge on any atom is -0.444 e. The Morgan fingerprint density at radius 2 is 1.77 bits per heavy atom. The van der Waals surface area contributed by atoms with Gasteiger partial charge in [-0.3, -0.25) is 0 Å². The number of benzene rings is 1. The molecule has 164 valence electrons.